The molecule has 0 aliphatic heterocycles. The molecule has 6 nitrogen and oxygen atoms in total. The van der Waals surface area contributed by atoms with Gasteiger partial charge in [0.2, 0.25) is 0 Å². The summed E-state index contributed by atoms with van der Waals surface area (Å²) in [5.74, 6) is -0.369. The standard InChI is InChI=1S/C18H22N2O4/c1-5-23-16(21)13-10-12(13)15-11-8-6-7-9-14(11)20(19-15)17(22)24-18(2,3)4/h6-9,12-13H,5,10H2,1-4H3. The van der Waals surface area contributed by atoms with Crippen molar-refractivity contribution in [2.24, 2.45) is 5.92 Å². The largest absolute Gasteiger partial charge is 0.466 e. The SMILES string of the molecule is CCOC(=O)C1CC1c1nn(C(=O)OC(C)(C)C)c2ccccc12. The molecule has 1 aromatic carbocycles. The van der Waals surface area contributed by atoms with Crippen molar-refractivity contribution in [1.82, 2.24) is 9.78 Å². The van der Waals surface area contributed by atoms with Crippen LogP contribution in [-0.4, -0.2) is 34.1 Å². The molecule has 3 rings (SSSR count). The second-order valence-corrected chi connectivity index (χ2v) is 7.00. The molecule has 0 saturated heterocycles. The van der Waals surface area contributed by atoms with Crippen LogP contribution in [0.1, 0.15) is 45.7 Å². The van der Waals surface area contributed by atoms with Crippen LogP contribution in [0.4, 0.5) is 4.79 Å². The van der Waals surface area contributed by atoms with E-state index in [-0.39, 0.29) is 17.8 Å². The van der Waals surface area contributed by atoms with Crippen LogP contribution < -0.4 is 0 Å². The van der Waals surface area contributed by atoms with Crippen molar-refractivity contribution in [3.8, 4) is 0 Å². The summed E-state index contributed by atoms with van der Waals surface area (Å²) in [6.45, 7) is 7.61. The number of fused-ring (bicyclic) bond motifs is 1. The van der Waals surface area contributed by atoms with Gasteiger partial charge in [-0.3, -0.25) is 4.79 Å². The normalized spacial score (nSPS) is 20.0. The van der Waals surface area contributed by atoms with Crippen LogP contribution in [0, 0.1) is 5.92 Å². The van der Waals surface area contributed by atoms with Gasteiger partial charge in [0.15, 0.2) is 0 Å². The molecule has 6 heteroatoms. The Bertz CT molecular complexity index is 788. The topological polar surface area (TPSA) is 70.4 Å². The number of carbonyl (C=O) groups is 2. The molecule has 1 aliphatic carbocycles. The second kappa shape index (κ2) is 5.92. The predicted molar refractivity (Wildman–Crippen MR) is 88.8 cm³/mol. The zero-order valence-electron chi connectivity index (χ0n) is 14.4. The zero-order valence-corrected chi connectivity index (χ0v) is 14.4. The minimum absolute atomic E-state index is 0.00219. The molecule has 1 heterocycles. The molecule has 0 amide bonds. The lowest BCUT2D eigenvalue weighted by atomic mass is 10.1. The second-order valence-electron chi connectivity index (χ2n) is 7.00. The van der Waals surface area contributed by atoms with Gasteiger partial charge in [-0.15, -0.1) is 0 Å². The molecular weight excluding hydrogens is 308 g/mol. The van der Waals surface area contributed by atoms with E-state index in [1.807, 2.05) is 45.0 Å². The molecule has 0 spiro atoms. The van der Waals surface area contributed by atoms with Crippen LogP contribution in [0.25, 0.3) is 10.9 Å². The Balaban J connectivity index is 1.94. The number of benzene rings is 1. The highest BCUT2D eigenvalue weighted by Crippen LogP contribution is 2.49. The monoisotopic (exact) mass is 330 g/mol. The van der Waals surface area contributed by atoms with Crippen LogP contribution in [0.5, 0.6) is 0 Å². The van der Waals surface area contributed by atoms with Crippen molar-refractivity contribution < 1.29 is 19.1 Å². The fourth-order valence-corrected chi connectivity index (χ4v) is 2.82. The first-order chi connectivity index (χ1) is 11.3. The summed E-state index contributed by atoms with van der Waals surface area (Å²) < 4.78 is 11.8. The third-order valence-electron chi connectivity index (χ3n) is 3.91. The molecule has 1 fully saturated rings. The Kier molecular flexibility index (Phi) is 4.07. The van der Waals surface area contributed by atoms with E-state index in [4.69, 9.17) is 9.47 Å². The number of hydrogen-bond donors (Lipinski definition) is 0. The first kappa shape index (κ1) is 16.5. The molecule has 1 aliphatic rings. The fourth-order valence-electron chi connectivity index (χ4n) is 2.82. The van der Waals surface area contributed by atoms with Gasteiger partial charge in [0, 0.05) is 11.3 Å². The van der Waals surface area contributed by atoms with Crippen molar-refractivity contribution in [2.45, 2.75) is 45.6 Å². The highest BCUT2D eigenvalue weighted by molar-refractivity contribution is 5.91. The van der Waals surface area contributed by atoms with Crippen LogP contribution in [0.15, 0.2) is 24.3 Å². The Hall–Kier alpha value is -2.37. The van der Waals surface area contributed by atoms with Crippen molar-refractivity contribution in [1.29, 1.82) is 0 Å². The maximum atomic E-state index is 12.4. The molecular formula is C18H22N2O4. The van der Waals surface area contributed by atoms with E-state index >= 15 is 0 Å². The molecule has 24 heavy (non-hydrogen) atoms. The summed E-state index contributed by atoms with van der Waals surface area (Å²) in [6.07, 6.45) is 0.187. The number of esters is 1. The third kappa shape index (κ3) is 3.13. The highest BCUT2D eigenvalue weighted by atomic mass is 16.6. The molecule has 0 radical (unpaired) electrons. The third-order valence-corrected chi connectivity index (χ3v) is 3.91. The van der Waals surface area contributed by atoms with Gasteiger partial charge in [0.05, 0.1) is 23.7 Å². The number of rotatable bonds is 3. The van der Waals surface area contributed by atoms with Crippen molar-refractivity contribution in [3.05, 3.63) is 30.0 Å². The van der Waals surface area contributed by atoms with E-state index in [0.717, 1.165) is 11.1 Å². The number of aromatic nitrogens is 2. The smallest absolute Gasteiger partial charge is 0.435 e. The van der Waals surface area contributed by atoms with Gasteiger partial charge in [-0.25, -0.2) is 4.79 Å². The lowest BCUT2D eigenvalue weighted by Gasteiger charge is -2.19. The minimum Gasteiger partial charge on any atom is -0.466 e. The van der Waals surface area contributed by atoms with Crippen LogP contribution in [-0.2, 0) is 14.3 Å². The fraction of sp³-hybridized carbons (Fsp3) is 0.500. The average Bonchev–Trinajstić information content (AvgIpc) is 3.19. The van der Waals surface area contributed by atoms with Gasteiger partial charge in [-0.2, -0.15) is 9.78 Å². The van der Waals surface area contributed by atoms with E-state index in [1.165, 1.54) is 4.68 Å². The van der Waals surface area contributed by atoms with Gasteiger partial charge in [-0.1, -0.05) is 18.2 Å². The van der Waals surface area contributed by atoms with Gasteiger partial charge in [0.1, 0.15) is 5.60 Å². The number of ether oxygens (including phenoxy) is 2. The maximum absolute atomic E-state index is 12.4. The Morgan fingerprint density at radius 2 is 2.00 bits per heavy atom. The summed E-state index contributed by atoms with van der Waals surface area (Å²) in [5.41, 5.74) is 0.850. The lowest BCUT2D eigenvalue weighted by molar-refractivity contribution is -0.144. The first-order valence-electron chi connectivity index (χ1n) is 8.19. The number of nitrogens with zero attached hydrogens (tertiary/aromatic N) is 2. The molecule has 128 valence electrons. The number of hydrogen-bond acceptors (Lipinski definition) is 5. The van der Waals surface area contributed by atoms with Crippen molar-refractivity contribution in [3.63, 3.8) is 0 Å². The summed E-state index contributed by atoms with van der Waals surface area (Å²) in [7, 11) is 0. The quantitative estimate of drug-likeness (QED) is 0.806. The summed E-state index contributed by atoms with van der Waals surface area (Å²) in [5, 5.41) is 5.34. The van der Waals surface area contributed by atoms with E-state index < -0.39 is 11.7 Å². The van der Waals surface area contributed by atoms with E-state index in [1.54, 1.807) is 6.92 Å². The summed E-state index contributed by atoms with van der Waals surface area (Å²) in [6, 6.07) is 7.50. The van der Waals surface area contributed by atoms with Gasteiger partial charge in [0.25, 0.3) is 0 Å². The molecule has 0 bridgehead atoms. The molecule has 0 N–H and O–H groups in total. The number of para-hydroxylation sites is 1. The average molecular weight is 330 g/mol. The highest BCUT2D eigenvalue weighted by Gasteiger charge is 2.47. The molecule has 2 unspecified atom stereocenters. The summed E-state index contributed by atoms with van der Waals surface area (Å²) >= 11 is 0. The van der Waals surface area contributed by atoms with Gasteiger partial charge < -0.3 is 9.47 Å². The van der Waals surface area contributed by atoms with Gasteiger partial charge in [-0.05, 0) is 40.2 Å². The molecule has 1 saturated carbocycles. The number of carbonyl (C=O) groups excluding carboxylic acids is 2. The predicted octanol–water partition coefficient (Wildman–Crippen LogP) is 3.49. The minimum atomic E-state index is -0.600. The lowest BCUT2D eigenvalue weighted by Crippen LogP contribution is -2.27. The molecule has 2 atom stereocenters. The Labute approximate surface area is 140 Å². The van der Waals surface area contributed by atoms with Crippen LogP contribution in [0.2, 0.25) is 0 Å². The van der Waals surface area contributed by atoms with E-state index in [9.17, 15) is 9.59 Å². The van der Waals surface area contributed by atoms with Crippen molar-refractivity contribution >= 4 is 23.0 Å². The van der Waals surface area contributed by atoms with E-state index in [2.05, 4.69) is 5.10 Å². The summed E-state index contributed by atoms with van der Waals surface area (Å²) in [4.78, 5) is 24.3. The van der Waals surface area contributed by atoms with Crippen LogP contribution in [0.3, 0.4) is 0 Å². The Morgan fingerprint density at radius 1 is 1.29 bits per heavy atom. The van der Waals surface area contributed by atoms with Gasteiger partial charge >= 0.3 is 12.1 Å². The Morgan fingerprint density at radius 3 is 2.67 bits per heavy atom. The zero-order chi connectivity index (χ0) is 17.5. The molecule has 2 aromatic rings. The van der Waals surface area contributed by atoms with E-state index in [0.29, 0.717) is 18.5 Å². The van der Waals surface area contributed by atoms with Crippen LogP contribution >= 0.6 is 0 Å². The maximum Gasteiger partial charge on any atom is 0.435 e. The molecule has 1 aromatic heterocycles. The first-order valence-corrected chi connectivity index (χ1v) is 8.19. The van der Waals surface area contributed by atoms with Crippen molar-refractivity contribution in [2.75, 3.05) is 6.61 Å².